The van der Waals surface area contributed by atoms with E-state index in [9.17, 15) is 9.59 Å². The average molecular weight is 358 g/mol. The standard InChI is InChI=1S/C18H22N4O2S/c1-3-11(4-2)17-21-22-18(25-17)20-16(24)13-7-9-14(10-8-13)19-15(23)12-5-6-12/h7-12H,3-6H2,1-2H3,(H,19,23)(H,20,22,24). The Balaban J connectivity index is 1.60. The van der Waals surface area contributed by atoms with Gasteiger partial charge in [0.15, 0.2) is 0 Å². The normalized spacial score (nSPS) is 13.7. The maximum absolute atomic E-state index is 12.3. The maximum Gasteiger partial charge on any atom is 0.257 e. The van der Waals surface area contributed by atoms with E-state index in [1.165, 1.54) is 11.3 Å². The van der Waals surface area contributed by atoms with Crippen molar-refractivity contribution in [3.63, 3.8) is 0 Å². The van der Waals surface area contributed by atoms with Crippen LogP contribution < -0.4 is 10.6 Å². The predicted octanol–water partition coefficient (Wildman–Crippen LogP) is 4.04. The van der Waals surface area contributed by atoms with Crippen LogP contribution in [0.3, 0.4) is 0 Å². The van der Waals surface area contributed by atoms with Crippen LogP contribution in [0.15, 0.2) is 24.3 Å². The fourth-order valence-electron chi connectivity index (χ4n) is 2.55. The Bertz CT molecular complexity index is 749. The minimum absolute atomic E-state index is 0.0555. The molecule has 1 heterocycles. The lowest BCUT2D eigenvalue weighted by Crippen LogP contribution is -2.14. The molecule has 132 valence electrons. The summed E-state index contributed by atoms with van der Waals surface area (Å²) in [6, 6.07) is 6.87. The number of benzene rings is 1. The quantitative estimate of drug-likeness (QED) is 0.782. The minimum atomic E-state index is -0.229. The lowest BCUT2D eigenvalue weighted by atomic mass is 10.1. The highest BCUT2D eigenvalue weighted by Gasteiger charge is 2.29. The van der Waals surface area contributed by atoms with Crippen molar-refractivity contribution in [2.24, 2.45) is 5.92 Å². The van der Waals surface area contributed by atoms with Gasteiger partial charge in [0.25, 0.3) is 5.91 Å². The molecule has 3 rings (SSSR count). The number of hydrogen-bond donors (Lipinski definition) is 2. The van der Waals surface area contributed by atoms with Gasteiger partial charge in [-0.3, -0.25) is 14.9 Å². The summed E-state index contributed by atoms with van der Waals surface area (Å²) in [6.07, 6.45) is 3.94. The van der Waals surface area contributed by atoms with Crippen LogP contribution in [-0.4, -0.2) is 22.0 Å². The third-order valence-electron chi connectivity index (χ3n) is 4.36. The van der Waals surface area contributed by atoms with Crippen molar-refractivity contribution < 1.29 is 9.59 Å². The third-order valence-corrected chi connectivity index (χ3v) is 5.36. The zero-order valence-corrected chi connectivity index (χ0v) is 15.2. The van der Waals surface area contributed by atoms with Crippen LogP contribution in [0.2, 0.25) is 0 Å². The summed E-state index contributed by atoms with van der Waals surface area (Å²) in [5, 5.41) is 15.4. The second-order valence-electron chi connectivity index (χ2n) is 6.25. The summed E-state index contributed by atoms with van der Waals surface area (Å²) in [5.74, 6) is 0.370. The van der Waals surface area contributed by atoms with Gasteiger partial charge < -0.3 is 5.32 Å². The summed E-state index contributed by atoms with van der Waals surface area (Å²) in [6.45, 7) is 4.24. The summed E-state index contributed by atoms with van der Waals surface area (Å²) in [7, 11) is 0. The Morgan fingerprint density at radius 3 is 2.40 bits per heavy atom. The molecule has 0 spiro atoms. The monoisotopic (exact) mass is 358 g/mol. The number of carbonyl (C=O) groups is 2. The van der Waals surface area contributed by atoms with Crippen molar-refractivity contribution in [1.82, 2.24) is 10.2 Å². The van der Waals surface area contributed by atoms with Crippen molar-refractivity contribution in [2.45, 2.75) is 45.4 Å². The second-order valence-corrected chi connectivity index (χ2v) is 7.26. The Morgan fingerprint density at radius 1 is 1.12 bits per heavy atom. The van der Waals surface area contributed by atoms with E-state index in [0.717, 1.165) is 30.7 Å². The summed E-state index contributed by atoms with van der Waals surface area (Å²) in [5.41, 5.74) is 1.23. The third kappa shape index (κ3) is 4.42. The van der Waals surface area contributed by atoms with Gasteiger partial charge in [0, 0.05) is 23.1 Å². The second kappa shape index (κ2) is 7.74. The molecule has 0 saturated heterocycles. The van der Waals surface area contributed by atoms with E-state index in [1.807, 2.05) is 0 Å². The van der Waals surface area contributed by atoms with Gasteiger partial charge in [-0.15, -0.1) is 10.2 Å². The number of nitrogens with zero attached hydrogens (tertiary/aromatic N) is 2. The molecule has 6 nitrogen and oxygen atoms in total. The molecule has 7 heteroatoms. The van der Waals surface area contributed by atoms with Crippen LogP contribution in [0.5, 0.6) is 0 Å². The van der Waals surface area contributed by atoms with E-state index in [1.54, 1.807) is 24.3 Å². The van der Waals surface area contributed by atoms with Crippen LogP contribution in [0.4, 0.5) is 10.8 Å². The van der Waals surface area contributed by atoms with Crippen molar-refractivity contribution in [3.8, 4) is 0 Å². The lowest BCUT2D eigenvalue weighted by Gasteiger charge is -2.06. The Morgan fingerprint density at radius 2 is 1.80 bits per heavy atom. The molecule has 1 fully saturated rings. The highest BCUT2D eigenvalue weighted by Crippen LogP contribution is 2.30. The first kappa shape index (κ1) is 17.5. The maximum atomic E-state index is 12.3. The van der Waals surface area contributed by atoms with E-state index in [0.29, 0.717) is 22.3 Å². The number of hydrogen-bond acceptors (Lipinski definition) is 5. The van der Waals surface area contributed by atoms with Gasteiger partial charge in [-0.1, -0.05) is 25.2 Å². The van der Waals surface area contributed by atoms with E-state index in [-0.39, 0.29) is 17.7 Å². The molecule has 1 aromatic carbocycles. The molecule has 1 aliphatic rings. The first-order valence-corrected chi connectivity index (χ1v) is 9.48. The topological polar surface area (TPSA) is 84.0 Å². The zero-order valence-electron chi connectivity index (χ0n) is 14.4. The fourth-order valence-corrected chi connectivity index (χ4v) is 3.56. The largest absolute Gasteiger partial charge is 0.326 e. The Hall–Kier alpha value is -2.28. The predicted molar refractivity (Wildman–Crippen MR) is 99.0 cm³/mol. The molecular formula is C18H22N4O2S. The molecule has 25 heavy (non-hydrogen) atoms. The van der Waals surface area contributed by atoms with E-state index < -0.39 is 0 Å². The highest BCUT2D eigenvalue weighted by atomic mass is 32.1. The molecule has 0 bridgehead atoms. The summed E-state index contributed by atoms with van der Waals surface area (Å²) < 4.78 is 0. The zero-order chi connectivity index (χ0) is 17.8. The van der Waals surface area contributed by atoms with Crippen molar-refractivity contribution in [2.75, 3.05) is 10.6 Å². The van der Waals surface area contributed by atoms with Gasteiger partial charge in [0.2, 0.25) is 11.0 Å². The minimum Gasteiger partial charge on any atom is -0.326 e. The van der Waals surface area contributed by atoms with E-state index >= 15 is 0 Å². The molecule has 1 saturated carbocycles. The molecular weight excluding hydrogens is 336 g/mol. The van der Waals surface area contributed by atoms with Gasteiger partial charge in [0.05, 0.1) is 0 Å². The van der Waals surface area contributed by atoms with Crippen molar-refractivity contribution in [1.29, 1.82) is 0 Å². The highest BCUT2D eigenvalue weighted by molar-refractivity contribution is 7.15. The van der Waals surface area contributed by atoms with Gasteiger partial charge in [-0.2, -0.15) is 0 Å². The van der Waals surface area contributed by atoms with Crippen LogP contribution in [0.25, 0.3) is 0 Å². The Kier molecular flexibility index (Phi) is 5.43. The van der Waals surface area contributed by atoms with E-state index in [4.69, 9.17) is 0 Å². The molecule has 2 N–H and O–H groups in total. The molecule has 0 aliphatic heterocycles. The molecule has 1 aromatic heterocycles. The van der Waals surface area contributed by atoms with Gasteiger partial charge in [-0.25, -0.2) is 0 Å². The number of amides is 2. The molecule has 0 atom stereocenters. The molecule has 0 radical (unpaired) electrons. The average Bonchev–Trinajstić information content (AvgIpc) is 3.38. The van der Waals surface area contributed by atoms with Gasteiger partial charge in [-0.05, 0) is 49.9 Å². The van der Waals surface area contributed by atoms with Crippen molar-refractivity contribution in [3.05, 3.63) is 34.8 Å². The van der Waals surface area contributed by atoms with Crippen LogP contribution in [0.1, 0.15) is 60.8 Å². The lowest BCUT2D eigenvalue weighted by molar-refractivity contribution is -0.117. The summed E-state index contributed by atoms with van der Waals surface area (Å²) >= 11 is 1.42. The van der Waals surface area contributed by atoms with E-state index in [2.05, 4.69) is 34.7 Å². The molecule has 2 aromatic rings. The number of carbonyl (C=O) groups excluding carboxylic acids is 2. The summed E-state index contributed by atoms with van der Waals surface area (Å²) in [4.78, 5) is 24.1. The number of aromatic nitrogens is 2. The van der Waals surface area contributed by atoms with Gasteiger partial charge >= 0.3 is 0 Å². The van der Waals surface area contributed by atoms with Crippen LogP contribution >= 0.6 is 11.3 Å². The molecule has 1 aliphatic carbocycles. The van der Waals surface area contributed by atoms with Crippen LogP contribution in [-0.2, 0) is 4.79 Å². The molecule has 2 amide bonds. The number of anilines is 2. The molecule has 0 unspecified atom stereocenters. The first-order valence-electron chi connectivity index (χ1n) is 8.66. The fraction of sp³-hybridized carbons (Fsp3) is 0.444. The number of nitrogens with one attached hydrogen (secondary N) is 2. The van der Waals surface area contributed by atoms with Crippen LogP contribution in [0, 0.1) is 5.92 Å². The Labute approximate surface area is 151 Å². The van der Waals surface area contributed by atoms with Crippen molar-refractivity contribution >= 4 is 34.0 Å². The SMILES string of the molecule is CCC(CC)c1nnc(NC(=O)c2ccc(NC(=O)C3CC3)cc2)s1. The smallest absolute Gasteiger partial charge is 0.257 e. The number of rotatable bonds is 7. The first-order chi connectivity index (χ1) is 12.1. The van der Waals surface area contributed by atoms with Gasteiger partial charge in [0.1, 0.15) is 5.01 Å².